The Kier molecular flexibility index (Phi) is 5.17. The summed E-state index contributed by atoms with van der Waals surface area (Å²) in [5.74, 6) is 1.51. The number of hydrogen-bond acceptors (Lipinski definition) is 4. The molecule has 0 aliphatic rings. The highest BCUT2D eigenvalue weighted by Crippen LogP contribution is 2.24. The van der Waals surface area contributed by atoms with Gasteiger partial charge in [-0.3, -0.25) is 0 Å². The van der Waals surface area contributed by atoms with Crippen molar-refractivity contribution in [1.29, 1.82) is 5.26 Å². The molecule has 0 amide bonds. The van der Waals surface area contributed by atoms with Gasteiger partial charge < -0.3 is 14.8 Å². The Hall–Kier alpha value is -1.73. The number of ether oxygens (including phenoxy) is 2. The number of nitrogens with zero attached hydrogens (tertiary/aromatic N) is 1. The summed E-state index contributed by atoms with van der Waals surface area (Å²) in [7, 11) is 1.63. The van der Waals surface area contributed by atoms with Crippen LogP contribution >= 0.6 is 0 Å². The van der Waals surface area contributed by atoms with Crippen LogP contribution in [0.2, 0.25) is 0 Å². The van der Waals surface area contributed by atoms with Gasteiger partial charge in [-0.25, -0.2) is 0 Å². The van der Waals surface area contributed by atoms with Gasteiger partial charge in [-0.05, 0) is 24.7 Å². The lowest BCUT2D eigenvalue weighted by atomic mass is 10.2. The molecule has 1 aromatic carbocycles. The maximum atomic E-state index is 8.48. The average molecular weight is 220 g/mol. The Labute approximate surface area is 95.8 Å². The molecule has 1 N–H and O–H groups in total. The zero-order valence-corrected chi connectivity index (χ0v) is 9.62. The van der Waals surface area contributed by atoms with E-state index in [0.717, 1.165) is 23.6 Å². The summed E-state index contributed by atoms with van der Waals surface area (Å²) >= 11 is 0. The topological polar surface area (TPSA) is 54.3 Å². The van der Waals surface area contributed by atoms with Crippen molar-refractivity contribution in [2.45, 2.75) is 13.5 Å². The minimum absolute atomic E-state index is 0.0610. The molecule has 0 saturated carbocycles. The molecule has 0 spiro atoms. The molecular weight excluding hydrogens is 204 g/mol. The number of nitriles is 1. The van der Waals surface area contributed by atoms with Crippen molar-refractivity contribution in [3.63, 3.8) is 0 Å². The van der Waals surface area contributed by atoms with Gasteiger partial charge in [0.15, 0.2) is 6.61 Å². The smallest absolute Gasteiger partial charge is 0.174 e. The Morgan fingerprint density at radius 1 is 1.44 bits per heavy atom. The summed E-state index contributed by atoms with van der Waals surface area (Å²) < 4.78 is 10.5. The summed E-state index contributed by atoms with van der Waals surface area (Å²) in [6.07, 6.45) is 0. The van der Waals surface area contributed by atoms with Gasteiger partial charge in [0.1, 0.15) is 17.6 Å². The van der Waals surface area contributed by atoms with Crippen molar-refractivity contribution in [1.82, 2.24) is 5.32 Å². The lowest BCUT2D eigenvalue weighted by molar-refractivity contribution is 0.360. The Bertz CT molecular complexity index is 372. The first-order chi connectivity index (χ1) is 7.81. The summed E-state index contributed by atoms with van der Waals surface area (Å²) in [5.41, 5.74) is 0.997. The molecular formula is C12H16N2O2. The zero-order valence-electron chi connectivity index (χ0n) is 9.62. The molecule has 0 atom stereocenters. The minimum Gasteiger partial charge on any atom is -0.497 e. The van der Waals surface area contributed by atoms with Crippen LogP contribution in [0.15, 0.2) is 18.2 Å². The van der Waals surface area contributed by atoms with Crippen molar-refractivity contribution in [3.8, 4) is 17.6 Å². The second-order valence-corrected chi connectivity index (χ2v) is 3.20. The van der Waals surface area contributed by atoms with E-state index in [1.165, 1.54) is 0 Å². The summed E-state index contributed by atoms with van der Waals surface area (Å²) in [5, 5.41) is 11.7. The largest absolute Gasteiger partial charge is 0.497 e. The highest BCUT2D eigenvalue weighted by Gasteiger charge is 2.05. The van der Waals surface area contributed by atoms with E-state index in [2.05, 4.69) is 5.32 Å². The fourth-order valence-electron chi connectivity index (χ4n) is 1.33. The van der Waals surface area contributed by atoms with Gasteiger partial charge in [-0.15, -0.1) is 0 Å². The van der Waals surface area contributed by atoms with E-state index in [1.54, 1.807) is 7.11 Å². The van der Waals surface area contributed by atoms with Gasteiger partial charge in [-0.2, -0.15) is 5.26 Å². The number of rotatable bonds is 6. The van der Waals surface area contributed by atoms with Crippen LogP contribution in [0.4, 0.5) is 0 Å². The highest BCUT2D eigenvalue weighted by atomic mass is 16.5. The first-order valence-corrected chi connectivity index (χ1v) is 5.19. The van der Waals surface area contributed by atoms with Crippen LogP contribution in [0, 0.1) is 11.3 Å². The van der Waals surface area contributed by atoms with Gasteiger partial charge in [0.05, 0.1) is 7.11 Å². The Morgan fingerprint density at radius 3 is 2.88 bits per heavy atom. The molecule has 16 heavy (non-hydrogen) atoms. The van der Waals surface area contributed by atoms with E-state index in [0.29, 0.717) is 6.54 Å². The monoisotopic (exact) mass is 220 g/mol. The molecule has 0 fully saturated rings. The lowest BCUT2D eigenvalue weighted by Crippen LogP contribution is -2.13. The van der Waals surface area contributed by atoms with Gasteiger partial charge in [0.2, 0.25) is 0 Å². The number of methoxy groups -OCH3 is 1. The van der Waals surface area contributed by atoms with Crippen molar-refractivity contribution >= 4 is 0 Å². The molecule has 0 saturated heterocycles. The van der Waals surface area contributed by atoms with Crippen LogP contribution in [-0.2, 0) is 6.54 Å². The third-order valence-corrected chi connectivity index (χ3v) is 2.13. The van der Waals surface area contributed by atoms with Crippen LogP contribution in [-0.4, -0.2) is 20.3 Å². The maximum Gasteiger partial charge on any atom is 0.174 e. The van der Waals surface area contributed by atoms with Crippen LogP contribution in [0.25, 0.3) is 0 Å². The van der Waals surface area contributed by atoms with Crippen molar-refractivity contribution in [3.05, 3.63) is 23.8 Å². The summed E-state index contributed by atoms with van der Waals surface area (Å²) in [6.45, 7) is 3.69. The molecule has 0 bridgehead atoms. The van der Waals surface area contributed by atoms with Gasteiger partial charge in [0.25, 0.3) is 0 Å². The molecule has 0 aliphatic carbocycles. The maximum absolute atomic E-state index is 8.48. The van der Waals surface area contributed by atoms with Crippen LogP contribution < -0.4 is 14.8 Å². The van der Waals surface area contributed by atoms with Gasteiger partial charge >= 0.3 is 0 Å². The lowest BCUT2D eigenvalue weighted by Gasteiger charge is -2.11. The fraction of sp³-hybridized carbons (Fsp3) is 0.417. The summed E-state index contributed by atoms with van der Waals surface area (Å²) in [4.78, 5) is 0. The number of nitrogens with one attached hydrogen (secondary N) is 1. The molecule has 0 unspecified atom stereocenters. The molecule has 4 heteroatoms. The molecule has 1 rings (SSSR count). The second kappa shape index (κ2) is 6.70. The Balaban J connectivity index is 2.83. The van der Waals surface area contributed by atoms with Gasteiger partial charge in [-0.1, -0.05) is 6.92 Å². The minimum atomic E-state index is 0.0610. The average Bonchev–Trinajstić information content (AvgIpc) is 2.34. The molecule has 0 heterocycles. The third kappa shape index (κ3) is 3.44. The fourth-order valence-corrected chi connectivity index (χ4v) is 1.33. The van der Waals surface area contributed by atoms with Crippen LogP contribution in [0.3, 0.4) is 0 Å². The second-order valence-electron chi connectivity index (χ2n) is 3.20. The number of hydrogen-bond donors (Lipinski definition) is 1. The van der Waals surface area contributed by atoms with E-state index in [4.69, 9.17) is 14.7 Å². The van der Waals surface area contributed by atoms with Gasteiger partial charge in [0, 0.05) is 12.1 Å². The molecule has 0 aromatic heterocycles. The predicted octanol–water partition coefficient (Wildman–Crippen LogP) is 1.71. The van der Waals surface area contributed by atoms with Crippen molar-refractivity contribution in [2.24, 2.45) is 0 Å². The van der Waals surface area contributed by atoms with Crippen molar-refractivity contribution < 1.29 is 9.47 Å². The van der Waals surface area contributed by atoms with E-state index in [1.807, 2.05) is 31.2 Å². The molecule has 86 valence electrons. The standard InChI is InChI=1S/C12H16N2O2/c1-3-14-9-10-8-11(15-2)4-5-12(10)16-7-6-13/h4-5,8,14H,3,7,9H2,1-2H3. The zero-order chi connectivity index (χ0) is 11.8. The normalized spacial score (nSPS) is 9.56. The van der Waals surface area contributed by atoms with Crippen LogP contribution in [0.5, 0.6) is 11.5 Å². The third-order valence-electron chi connectivity index (χ3n) is 2.13. The van der Waals surface area contributed by atoms with Crippen LogP contribution in [0.1, 0.15) is 12.5 Å². The molecule has 1 aromatic rings. The first-order valence-electron chi connectivity index (χ1n) is 5.19. The predicted molar refractivity (Wildman–Crippen MR) is 61.5 cm³/mol. The number of benzene rings is 1. The SMILES string of the molecule is CCNCc1cc(OC)ccc1OCC#N. The van der Waals surface area contributed by atoms with Crippen molar-refractivity contribution in [2.75, 3.05) is 20.3 Å². The summed E-state index contributed by atoms with van der Waals surface area (Å²) in [6, 6.07) is 7.51. The van der Waals surface area contributed by atoms with E-state index < -0.39 is 0 Å². The van der Waals surface area contributed by atoms with E-state index in [-0.39, 0.29) is 6.61 Å². The molecule has 4 nitrogen and oxygen atoms in total. The van der Waals surface area contributed by atoms with E-state index >= 15 is 0 Å². The van der Waals surface area contributed by atoms with E-state index in [9.17, 15) is 0 Å². The molecule has 0 radical (unpaired) electrons. The quantitative estimate of drug-likeness (QED) is 0.793. The Morgan fingerprint density at radius 2 is 2.25 bits per heavy atom. The molecule has 0 aliphatic heterocycles. The first kappa shape index (κ1) is 12.3. The highest BCUT2D eigenvalue weighted by molar-refractivity contribution is 5.40.